The van der Waals surface area contributed by atoms with E-state index in [1.807, 2.05) is 36.4 Å². The Labute approximate surface area is 216 Å². The maximum absolute atomic E-state index is 13.7. The van der Waals surface area contributed by atoms with Crippen LogP contribution in [0.5, 0.6) is 11.5 Å². The first-order valence-corrected chi connectivity index (χ1v) is 12.2. The largest absolute Gasteiger partial charge is 0.493 e. The standard InChI is InChI=1S/C28H30ClNO6/c1-16-25(28(32)36-12-11-33-2)26(19-7-5-6-8-20(19)29)27-21(30-16)13-18(14-22(27)31)17-9-10-23(34-3)24(15-17)35-4/h5-10,15,18,25-26H,11-14H2,1-4H3/t18-,25?,26-/m0/s1. The van der Waals surface area contributed by atoms with Gasteiger partial charge in [0, 0.05) is 41.5 Å². The average molecular weight is 512 g/mol. The molecule has 0 spiro atoms. The number of ketones is 1. The molecule has 1 aliphatic heterocycles. The Morgan fingerprint density at radius 3 is 2.47 bits per heavy atom. The number of ether oxygens (including phenoxy) is 4. The van der Waals surface area contributed by atoms with E-state index in [4.69, 9.17) is 35.5 Å². The van der Waals surface area contributed by atoms with Crippen molar-refractivity contribution in [2.45, 2.75) is 31.6 Å². The molecule has 1 unspecified atom stereocenters. The van der Waals surface area contributed by atoms with Crippen LogP contribution >= 0.6 is 11.6 Å². The summed E-state index contributed by atoms with van der Waals surface area (Å²) >= 11 is 6.60. The third kappa shape index (κ3) is 5.04. The summed E-state index contributed by atoms with van der Waals surface area (Å²) < 4.78 is 21.3. The Hall–Kier alpha value is -3.16. The van der Waals surface area contributed by atoms with Crippen LogP contribution in [0.4, 0.5) is 0 Å². The zero-order valence-electron chi connectivity index (χ0n) is 20.9. The summed E-state index contributed by atoms with van der Waals surface area (Å²) in [5, 5.41) is 0.494. The van der Waals surface area contributed by atoms with Crippen LogP contribution in [0.25, 0.3) is 0 Å². The molecule has 8 heteroatoms. The molecule has 0 bridgehead atoms. The maximum Gasteiger partial charge on any atom is 0.315 e. The monoisotopic (exact) mass is 511 g/mol. The van der Waals surface area contributed by atoms with Gasteiger partial charge < -0.3 is 18.9 Å². The maximum atomic E-state index is 13.7. The molecule has 0 aromatic heterocycles. The second kappa shape index (κ2) is 11.3. The van der Waals surface area contributed by atoms with E-state index in [9.17, 15) is 9.59 Å². The Balaban J connectivity index is 1.75. The highest BCUT2D eigenvalue weighted by molar-refractivity contribution is 6.31. The predicted molar refractivity (Wildman–Crippen MR) is 137 cm³/mol. The van der Waals surface area contributed by atoms with E-state index in [1.165, 1.54) is 0 Å². The molecule has 0 saturated heterocycles. The summed E-state index contributed by atoms with van der Waals surface area (Å²) in [5.41, 5.74) is 3.51. The Kier molecular flexibility index (Phi) is 8.11. The first-order chi connectivity index (χ1) is 17.4. The molecule has 36 heavy (non-hydrogen) atoms. The number of carbonyl (C=O) groups excluding carboxylic acids is 2. The van der Waals surface area contributed by atoms with Gasteiger partial charge >= 0.3 is 5.97 Å². The number of hydrogen-bond acceptors (Lipinski definition) is 7. The molecule has 7 nitrogen and oxygen atoms in total. The summed E-state index contributed by atoms with van der Waals surface area (Å²) in [6, 6.07) is 13.0. The van der Waals surface area contributed by atoms with E-state index < -0.39 is 17.8 Å². The molecule has 1 heterocycles. The lowest BCUT2D eigenvalue weighted by Crippen LogP contribution is -2.38. The highest BCUT2D eigenvalue weighted by atomic mass is 35.5. The first-order valence-electron chi connectivity index (χ1n) is 11.8. The molecule has 1 aliphatic carbocycles. The van der Waals surface area contributed by atoms with Crippen molar-refractivity contribution < 1.29 is 28.5 Å². The minimum Gasteiger partial charge on any atom is -0.493 e. The van der Waals surface area contributed by atoms with Gasteiger partial charge in [-0.2, -0.15) is 0 Å². The van der Waals surface area contributed by atoms with Gasteiger partial charge in [-0.3, -0.25) is 14.6 Å². The second-order valence-corrected chi connectivity index (χ2v) is 9.30. The number of carbonyl (C=O) groups is 2. The zero-order chi connectivity index (χ0) is 25.8. The molecule has 3 atom stereocenters. The first kappa shape index (κ1) is 25.9. The average Bonchev–Trinajstić information content (AvgIpc) is 2.87. The Bertz CT molecular complexity index is 1220. The summed E-state index contributed by atoms with van der Waals surface area (Å²) in [7, 11) is 4.72. The van der Waals surface area contributed by atoms with Crippen molar-refractivity contribution in [2.75, 3.05) is 34.5 Å². The molecule has 2 aliphatic rings. The van der Waals surface area contributed by atoms with Crippen LogP contribution in [0.1, 0.15) is 42.7 Å². The van der Waals surface area contributed by atoms with Crippen LogP contribution < -0.4 is 9.47 Å². The highest BCUT2D eigenvalue weighted by Crippen LogP contribution is 2.48. The number of hydrogen-bond donors (Lipinski definition) is 0. The van der Waals surface area contributed by atoms with Crippen molar-refractivity contribution in [2.24, 2.45) is 10.9 Å². The fourth-order valence-electron chi connectivity index (χ4n) is 5.09. The van der Waals surface area contributed by atoms with Crippen LogP contribution in [0.2, 0.25) is 5.02 Å². The van der Waals surface area contributed by atoms with Gasteiger partial charge in [0.05, 0.1) is 20.8 Å². The van der Waals surface area contributed by atoms with Gasteiger partial charge in [0.25, 0.3) is 0 Å². The van der Waals surface area contributed by atoms with Crippen LogP contribution in [0, 0.1) is 5.92 Å². The lowest BCUT2D eigenvalue weighted by Gasteiger charge is -2.36. The van der Waals surface area contributed by atoms with E-state index in [-0.39, 0.29) is 31.3 Å². The molecule has 0 radical (unpaired) electrons. The SMILES string of the molecule is COCCOC(=O)C1C(C)=NC2=C(C(=O)C[C@@H](c3ccc(OC)c(OC)c3)C2)[C@H]1c1ccccc1Cl. The van der Waals surface area contributed by atoms with E-state index >= 15 is 0 Å². The number of halogens is 1. The number of esters is 1. The van der Waals surface area contributed by atoms with Crippen molar-refractivity contribution >= 4 is 29.1 Å². The lowest BCUT2D eigenvalue weighted by molar-refractivity contribution is -0.147. The molecule has 190 valence electrons. The molecule has 0 fully saturated rings. The molecule has 2 aromatic rings. The molecule has 0 N–H and O–H groups in total. The predicted octanol–water partition coefficient (Wildman–Crippen LogP) is 5.12. The van der Waals surface area contributed by atoms with Gasteiger partial charge in [0.1, 0.15) is 12.5 Å². The van der Waals surface area contributed by atoms with Crippen molar-refractivity contribution in [3.63, 3.8) is 0 Å². The van der Waals surface area contributed by atoms with E-state index in [2.05, 4.69) is 0 Å². The number of methoxy groups -OCH3 is 3. The number of allylic oxidation sites excluding steroid dienone is 2. The molecule has 0 saturated carbocycles. The van der Waals surface area contributed by atoms with Crippen LogP contribution in [-0.4, -0.2) is 52.0 Å². The van der Waals surface area contributed by atoms with Crippen LogP contribution in [-0.2, 0) is 19.1 Å². The van der Waals surface area contributed by atoms with Gasteiger partial charge in [0.2, 0.25) is 0 Å². The van der Waals surface area contributed by atoms with Crippen LogP contribution in [0.15, 0.2) is 58.7 Å². The molecule has 2 aromatic carbocycles. The summed E-state index contributed by atoms with van der Waals surface area (Å²) in [6.07, 6.45) is 0.843. The van der Waals surface area contributed by atoms with Gasteiger partial charge in [0.15, 0.2) is 17.3 Å². The number of aliphatic imine (C=N–C) groups is 1. The van der Waals surface area contributed by atoms with Crippen molar-refractivity contribution in [1.29, 1.82) is 0 Å². The Morgan fingerprint density at radius 2 is 1.78 bits per heavy atom. The van der Waals surface area contributed by atoms with Gasteiger partial charge in [-0.1, -0.05) is 35.9 Å². The number of rotatable bonds is 8. The quantitative estimate of drug-likeness (QED) is 0.361. The lowest BCUT2D eigenvalue weighted by atomic mass is 9.69. The van der Waals surface area contributed by atoms with Crippen LogP contribution in [0.3, 0.4) is 0 Å². The minimum atomic E-state index is -0.748. The number of nitrogens with zero attached hydrogens (tertiary/aromatic N) is 1. The van der Waals surface area contributed by atoms with E-state index in [0.29, 0.717) is 45.5 Å². The normalized spacial score (nSPS) is 21.5. The third-order valence-electron chi connectivity index (χ3n) is 6.79. The number of Topliss-reactive ketones (excluding diaryl/α,β-unsaturated/α-hetero) is 1. The smallest absolute Gasteiger partial charge is 0.315 e. The number of benzene rings is 2. The molecule has 0 amide bonds. The fraction of sp³-hybridized carbons (Fsp3) is 0.393. The second-order valence-electron chi connectivity index (χ2n) is 8.89. The third-order valence-corrected chi connectivity index (χ3v) is 7.14. The summed E-state index contributed by atoms with van der Waals surface area (Å²) in [6.45, 7) is 2.21. The van der Waals surface area contributed by atoms with Crippen molar-refractivity contribution in [3.05, 3.63) is 69.9 Å². The highest BCUT2D eigenvalue weighted by Gasteiger charge is 2.45. The van der Waals surface area contributed by atoms with Gasteiger partial charge in [-0.25, -0.2) is 0 Å². The molecular weight excluding hydrogens is 482 g/mol. The topological polar surface area (TPSA) is 83.4 Å². The summed E-state index contributed by atoms with van der Waals surface area (Å²) in [5.74, 6) is -0.653. The van der Waals surface area contributed by atoms with Gasteiger partial charge in [-0.05, 0) is 48.6 Å². The summed E-state index contributed by atoms with van der Waals surface area (Å²) in [4.78, 5) is 31.7. The molecular formula is C28H30ClNO6. The fourth-order valence-corrected chi connectivity index (χ4v) is 5.34. The van der Waals surface area contributed by atoms with Crippen molar-refractivity contribution in [3.8, 4) is 11.5 Å². The Morgan fingerprint density at radius 1 is 1.03 bits per heavy atom. The van der Waals surface area contributed by atoms with E-state index in [0.717, 1.165) is 5.56 Å². The zero-order valence-corrected chi connectivity index (χ0v) is 21.6. The minimum absolute atomic E-state index is 0.0492. The van der Waals surface area contributed by atoms with E-state index in [1.54, 1.807) is 34.3 Å². The molecule has 4 rings (SSSR count). The van der Waals surface area contributed by atoms with Gasteiger partial charge in [-0.15, -0.1) is 0 Å². The van der Waals surface area contributed by atoms with Crippen molar-refractivity contribution in [1.82, 2.24) is 0 Å².